The van der Waals surface area contributed by atoms with E-state index in [1.807, 2.05) is 43.3 Å². The number of hydrogen-bond donors (Lipinski definition) is 0. The summed E-state index contributed by atoms with van der Waals surface area (Å²) in [4.78, 5) is 20.6. The van der Waals surface area contributed by atoms with Gasteiger partial charge in [-0.25, -0.2) is 14.8 Å². The Morgan fingerprint density at radius 3 is 2.65 bits per heavy atom. The first-order chi connectivity index (χ1) is 9.69. The van der Waals surface area contributed by atoms with E-state index < -0.39 is 5.97 Å². The summed E-state index contributed by atoms with van der Waals surface area (Å²) in [7, 11) is 1.35. The Balaban J connectivity index is 2.23. The highest BCUT2D eigenvalue weighted by Gasteiger charge is 2.17. The fourth-order valence-electron chi connectivity index (χ4n) is 1.99. The van der Waals surface area contributed by atoms with Crippen LogP contribution in [0.2, 0.25) is 0 Å². The van der Waals surface area contributed by atoms with Gasteiger partial charge in [-0.1, -0.05) is 30.3 Å². The van der Waals surface area contributed by atoms with Crippen LogP contribution in [0.4, 0.5) is 0 Å². The molecule has 2 aromatic heterocycles. The molecule has 0 saturated carbocycles. The number of thiazole rings is 1. The van der Waals surface area contributed by atoms with Crippen LogP contribution in [0.3, 0.4) is 0 Å². The fourth-order valence-corrected chi connectivity index (χ4v) is 3.06. The number of benzene rings is 1. The molecule has 0 N–H and O–H groups in total. The minimum Gasteiger partial charge on any atom is -0.464 e. The second-order valence-electron chi connectivity index (χ2n) is 4.34. The van der Waals surface area contributed by atoms with Crippen molar-refractivity contribution in [1.82, 2.24) is 9.97 Å². The molecule has 2 heterocycles. The smallest absolute Gasteiger partial charge is 0.358 e. The van der Waals surface area contributed by atoms with Crippen LogP contribution in [0.15, 0.2) is 36.4 Å². The number of carbonyl (C=O) groups is 1. The first-order valence-corrected chi connectivity index (χ1v) is 6.92. The molecular formula is C15H12N2O2S. The predicted molar refractivity (Wildman–Crippen MR) is 78.9 cm³/mol. The quantitative estimate of drug-likeness (QED) is 0.676. The molecule has 0 atom stereocenters. The number of ether oxygens (including phenoxy) is 1. The topological polar surface area (TPSA) is 52.1 Å². The van der Waals surface area contributed by atoms with Crippen LogP contribution in [0.1, 0.15) is 16.2 Å². The molecule has 0 aliphatic rings. The average Bonchev–Trinajstić information content (AvgIpc) is 2.90. The van der Waals surface area contributed by atoms with E-state index in [2.05, 4.69) is 9.97 Å². The van der Waals surface area contributed by atoms with Crippen molar-refractivity contribution in [1.29, 1.82) is 0 Å². The summed E-state index contributed by atoms with van der Waals surface area (Å²) in [6.45, 7) is 1.85. The Labute approximate surface area is 120 Å². The van der Waals surface area contributed by atoms with Gasteiger partial charge in [-0.05, 0) is 13.0 Å². The van der Waals surface area contributed by atoms with Gasteiger partial charge in [-0.2, -0.15) is 0 Å². The number of nitrogens with zero attached hydrogens (tertiary/aromatic N) is 2. The zero-order valence-corrected chi connectivity index (χ0v) is 11.9. The monoisotopic (exact) mass is 284 g/mol. The number of methoxy groups -OCH3 is 1. The van der Waals surface area contributed by atoms with Crippen molar-refractivity contribution in [3.05, 3.63) is 47.8 Å². The van der Waals surface area contributed by atoms with Gasteiger partial charge in [0.1, 0.15) is 10.5 Å². The van der Waals surface area contributed by atoms with Gasteiger partial charge >= 0.3 is 5.97 Å². The standard InChI is InChI=1S/C15H12N2O2S/c1-9-8-11-12(13(16-9)15(18)19-2)17-14(20-11)10-6-4-3-5-7-10/h3-8H,1-2H3. The van der Waals surface area contributed by atoms with Crippen molar-refractivity contribution >= 4 is 27.5 Å². The van der Waals surface area contributed by atoms with E-state index in [1.54, 1.807) is 11.3 Å². The summed E-state index contributed by atoms with van der Waals surface area (Å²) in [5.74, 6) is -0.455. The van der Waals surface area contributed by atoms with Gasteiger partial charge in [-0.3, -0.25) is 0 Å². The lowest BCUT2D eigenvalue weighted by atomic mass is 10.2. The lowest BCUT2D eigenvalue weighted by Crippen LogP contribution is -2.06. The third-order valence-corrected chi connectivity index (χ3v) is 3.96. The SMILES string of the molecule is COC(=O)c1nc(C)cc2sc(-c3ccccc3)nc12. The van der Waals surface area contributed by atoms with Gasteiger partial charge in [0.25, 0.3) is 0 Å². The van der Waals surface area contributed by atoms with Gasteiger partial charge in [0.2, 0.25) is 0 Å². The van der Waals surface area contributed by atoms with E-state index in [9.17, 15) is 4.79 Å². The zero-order valence-electron chi connectivity index (χ0n) is 11.1. The van der Waals surface area contributed by atoms with Crippen LogP contribution in [-0.2, 0) is 4.74 Å². The Bertz CT molecular complexity index is 781. The summed E-state index contributed by atoms with van der Waals surface area (Å²) < 4.78 is 5.72. The Kier molecular flexibility index (Phi) is 3.20. The Morgan fingerprint density at radius 2 is 1.95 bits per heavy atom. The molecule has 1 aromatic carbocycles. The van der Waals surface area contributed by atoms with Crippen molar-refractivity contribution in [2.75, 3.05) is 7.11 Å². The van der Waals surface area contributed by atoms with Crippen molar-refractivity contribution in [3.8, 4) is 10.6 Å². The largest absolute Gasteiger partial charge is 0.464 e. The summed E-state index contributed by atoms with van der Waals surface area (Å²) in [5.41, 5.74) is 2.69. The van der Waals surface area contributed by atoms with Crippen molar-refractivity contribution in [2.24, 2.45) is 0 Å². The van der Waals surface area contributed by atoms with E-state index in [4.69, 9.17) is 4.74 Å². The van der Waals surface area contributed by atoms with E-state index >= 15 is 0 Å². The van der Waals surface area contributed by atoms with Crippen molar-refractivity contribution < 1.29 is 9.53 Å². The summed E-state index contributed by atoms with van der Waals surface area (Å²) >= 11 is 1.55. The van der Waals surface area contributed by atoms with E-state index in [1.165, 1.54) is 7.11 Å². The van der Waals surface area contributed by atoms with Crippen molar-refractivity contribution in [3.63, 3.8) is 0 Å². The molecule has 3 rings (SSSR count). The maximum Gasteiger partial charge on any atom is 0.358 e. The van der Waals surface area contributed by atoms with Gasteiger partial charge in [0.05, 0.1) is 11.8 Å². The Morgan fingerprint density at radius 1 is 1.20 bits per heavy atom. The van der Waals surface area contributed by atoms with Gasteiger partial charge < -0.3 is 4.74 Å². The minimum absolute atomic E-state index is 0.279. The number of aryl methyl sites for hydroxylation is 1. The molecule has 100 valence electrons. The number of hydrogen-bond acceptors (Lipinski definition) is 5. The molecular weight excluding hydrogens is 272 g/mol. The van der Waals surface area contributed by atoms with Crippen LogP contribution in [0, 0.1) is 6.92 Å². The van der Waals surface area contributed by atoms with Crippen LogP contribution >= 0.6 is 11.3 Å². The molecule has 5 heteroatoms. The van der Waals surface area contributed by atoms with Crippen LogP contribution in [-0.4, -0.2) is 23.0 Å². The number of carbonyl (C=O) groups excluding carboxylic acids is 1. The molecule has 0 aliphatic carbocycles. The van der Waals surface area contributed by atoms with Crippen LogP contribution < -0.4 is 0 Å². The van der Waals surface area contributed by atoms with E-state index in [0.717, 1.165) is 21.0 Å². The number of rotatable bonds is 2. The fraction of sp³-hybridized carbons (Fsp3) is 0.133. The molecule has 20 heavy (non-hydrogen) atoms. The Hall–Kier alpha value is -2.27. The summed E-state index contributed by atoms with van der Waals surface area (Å²) in [6, 6.07) is 11.8. The highest BCUT2D eigenvalue weighted by Crippen LogP contribution is 2.31. The summed E-state index contributed by atoms with van der Waals surface area (Å²) in [6.07, 6.45) is 0. The zero-order chi connectivity index (χ0) is 14.1. The lowest BCUT2D eigenvalue weighted by molar-refractivity contribution is 0.0596. The maximum atomic E-state index is 11.8. The molecule has 0 amide bonds. The number of esters is 1. The second kappa shape index (κ2) is 5.02. The molecule has 4 nitrogen and oxygen atoms in total. The van der Waals surface area contributed by atoms with Crippen LogP contribution in [0.5, 0.6) is 0 Å². The molecule has 0 saturated heterocycles. The molecule has 0 fully saturated rings. The number of aromatic nitrogens is 2. The highest BCUT2D eigenvalue weighted by molar-refractivity contribution is 7.21. The van der Waals surface area contributed by atoms with Gasteiger partial charge in [-0.15, -0.1) is 11.3 Å². The number of pyridine rings is 1. The first kappa shape index (κ1) is 12.7. The molecule has 0 spiro atoms. The predicted octanol–water partition coefficient (Wildman–Crippen LogP) is 3.45. The van der Waals surface area contributed by atoms with Crippen LogP contribution in [0.25, 0.3) is 20.8 Å². The van der Waals surface area contributed by atoms with E-state index in [-0.39, 0.29) is 5.69 Å². The first-order valence-electron chi connectivity index (χ1n) is 6.11. The molecule has 3 aromatic rings. The lowest BCUT2D eigenvalue weighted by Gasteiger charge is -2.00. The van der Waals surface area contributed by atoms with Gasteiger partial charge in [0.15, 0.2) is 5.69 Å². The minimum atomic E-state index is -0.455. The number of fused-ring (bicyclic) bond motifs is 1. The second-order valence-corrected chi connectivity index (χ2v) is 5.37. The average molecular weight is 284 g/mol. The molecule has 0 aliphatic heterocycles. The molecule has 0 bridgehead atoms. The third kappa shape index (κ3) is 2.16. The summed E-state index contributed by atoms with van der Waals surface area (Å²) in [5, 5.41) is 0.873. The molecule has 0 radical (unpaired) electrons. The maximum absolute atomic E-state index is 11.8. The van der Waals surface area contributed by atoms with E-state index in [0.29, 0.717) is 5.52 Å². The molecule has 0 unspecified atom stereocenters. The highest BCUT2D eigenvalue weighted by atomic mass is 32.1. The normalized spacial score (nSPS) is 10.7. The van der Waals surface area contributed by atoms with Crippen molar-refractivity contribution in [2.45, 2.75) is 6.92 Å². The van der Waals surface area contributed by atoms with Gasteiger partial charge in [0, 0.05) is 11.3 Å². The third-order valence-electron chi connectivity index (χ3n) is 2.91.